The minimum absolute atomic E-state index is 0.667. The summed E-state index contributed by atoms with van der Waals surface area (Å²) in [4.78, 5) is 0. The van der Waals surface area contributed by atoms with Crippen LogP contribution in [0.3, 0.4) is 0 Å². The number of hydrogen-bond donors (Lipinski definition) is 0. The van der Waals surface area contributed by atoms with Gasteiger partial charge in [0, 0.05) is 0 Å². The van der Waals surface area contributed by atoms with E-state index in [1.54, 1.807) is 0 Å². The fraction of sp³-hybridized carbons (Fsp3) is 0.778. The molecule has 19 heavy (non-hydrogen) atoms. The molecule has 0 heterocycles. The zero-order chi connectivity index (χ0) is 15.5. The van der Waals surface area contributed by atoms with Crippen LogP contribution in [0.15, 0.2) is 12.2 Å². The SMILES string of the molecule is FCC(F)(C=CC(CF)(CF)C(F)(F)F)C(F)(F)F. The Balaban J connectivity index is 5.54. The van der Waals surface area contributed by atoms with Gasteiger partial charge >= 0.3 is 12.4 Å². The molecule has 114 valence electrons. The molecule has 0 aliphatic rings. The summed E-state index contributed by atoms with van der Waals surface area (Å²) in [5, 5.41) is 0. The number of allylic oxidation sites excluding steroid dienone is 2. The molecule has 1 unspecified atom stereocenters. The molecule has 10 heteroatoms. The first-order valence-electron chi connectivity index (χ1n) is 4.60. The highest BCUT2D eigenvalue weighted by atomic mass is 19.4. The van der Waals surface area contributed by atoms with E-state index < -0.39 is 55.6 Å². The zero-order valence-corrected chi connectivity index (χ0v) is 9.06. The van der Waals surface area contributed by atoms with Gasteiger partial charge in [-0.15, -0.1) is 0 Å². The van der Waals surface area contributed by atoms with Crippen LogP contribution < -0.4 is 0 Å². The monoisotopic (exact) mass is 306 g/mol. The van der Waals surface area contributed by atoms with Crippen LogP contribution in [0, 0.1) is 5.41 Å². The molecule has 0 aliphatic heterocycles. The summed E-state index contributed by atoms with van der Waals surface area (Å²) in [6.07, 6.45) is -12.9. The van der Waals surface area contributed by atoms with Gasteiger partial charge < -0.3 is 0 Å². The van der Waals surface area contributed by atoms with Crippen LogP contribution in [0.4, 0.5) is 43.9 Å². The fourth-order valence-corrected chi connectivity index (χ4v) is 0.877. The van der Waals surface area contributed by atoms with E-state index in [1.807, 2.05) is 0 Å². The first-order chi connectivity index (χ1) is 8.39. The highest BCUT2D eigenvalue weighted by molar-refractivity contribution is 5.13. The molecule has 0 spiro atoms. The Morgan fingerprint density at radius 3 is 1.21 bits per heavy atom. The Morgan fingerprint density at radius 1 is 0.579 bits per heavy atom. The van der Waals surface area contributed by atoms with Crippen molar-refractivity contribution in [2.45, 2.75) is 18.0 Å². The van der Waals surface area contributed by atoms with Crippen molar-refractivity contribution in [3.8, 4) is 0 Å². The Bertz CT molecular complexity index is 310. The second-order valence-corrected chi connectivity index (χ2v) is 3.75. The normalized spacial score (nSPS) is 17.8. The van der Waals surface area contributed by atoms with Gasteiger partial charge in [-0.3, -0.25) is 0 Å². The predicted molar refractivity (Wildman–Crippen MR) is 45.4 cm³/mol. The minimum atomic E-state index is -5.85. The molecule has 0 aromatic carbocycles. The molecule has 0 bridgehead atoms. The van der Waals surface area contributed by atoms with Crippen molar-refractivity contribution in [3.63, 3.8) is 0 Å². The smallest absolute Gasteiger partial charge is 0.250 e. The second kappa shape index (κ2) is 5.58. The third-order valence-corrected chi connectivity index (χ3v) is 2.37. The van der Waals surface area contributed by atoms with E-state index in [0.717, 1.165) is 0 Å². The Hall–Kier alpha value is -0.960. The van der Waals surface area contributed by atoms with Gasteiger partial charge in [-0.1, -0.05) is 6.08 Å². The van der Waals surface area contributed by atoms with Gasteiger partial charge in [-0.2, -0.15) is 26.3 Å². The van der Waals surface area contributed by atoms with E-state index >= 15 is 0 Å². The Labute approximate surface area is 101 Å². The first kappa shape index (κ1) is 18.0. The van der Waals surface area contributed by atoms with E-state index in [2.05, 4.69) is 0 Å². The number of hydrogen-bond acceptors (Lipinski definition) is 0. The van der Waals surface area contributed by atoms with E-state index in [4.69, 9.17) is 0 Å². The standard InChI is InChI=1S/C9H8F10/c10-3-6(4-11,8(14,15)16)1-2-7(13,5-12)9(17,18)19/h1-2H,3-5H2. The highest BCUT2D eigenvalue weighted by Crippen LogP contribution is 2.43. The quantitative estimate of drug-likeness (QED) is 0.525. The van der Waals surface area contributed by atoms with Gasteiger partial charge in [0.2, 0.25) is 0 Å². The average molecular weight is 306 g/mol. The molecule has 0 amide bonds. The zero-order valence-electron chi connectivity index (χ0n) is 9.06. The lowest BCUT2D eigenvalue weighted by molar-refractivity contribution is -0.222. The van der Waals surface area contributed by atoms with Gasteiger partial charge in [0.05, 0.1) is 0 Å². The predicted octanol–water partition coefficient (Wildman–Crippen LogP) is 4.27. The first-order valence-corrected chi connectivity index (χ1v) is 4.60. The topological polar surface area (TPSA) is 0 Å². The summed E-state index contributed by atoms with van der Waals surface area (Å²) < 4.78 is 123. The number of alkyl halides is 10. The van der Waals surface area contributed by atoms with E-state index in [-0.39, 0.29) is 0 Å². The van der Waals surface area contributed by atoms with E-state index in [1.165, 1.54) is 0 Å². The molecular weight excluding hydrogens is 298 g/mol. The van der Waals surface area contributed by atoms with Crippen LogP contribution in [0.25, 0.3) is 0 Å². The Morgan fingerprint density at radius 2 is 1.00 bits per heavy atom. The molecule has 1 atom stereocenters. The Kier molecular flexibility index (Phi) is 5.29. The minimum Gasteiger partial charge on any atom is -0.250 e. The van der Waals surface area contributed by atoms with Crippen molar-refractivity contribution < 1.29 is 43.9 Å². The maximum atomic E-state index is 13.0. The summed E-state index contributed by atoms with van der Waals surface area (Å²) in [5.41, 5.74) is -8.65. The van der Waals surface area contributed by atoms with Crippen molar-refractivity contribution in [3.05, 3.63) is 12.2 Å². The van der Waals surface area contributed by atoms with Gasteiger partial charge in [-0.25, -0.2) is 17.6 Å². The summed E-state index contributed by atoms with van der Waals surface area (Å²) in [7, 11) is 0. The van der Waals surface area contributed by atoms with Crippen LogP contribution in [-0.4, -0.2) is 38.0 Å². The fourth-order valence-electron chi connectivity index (χ4n) is 0.877. The van der Waals surface area contributed by atoms with E-state index in [0.29, 0.717) is 0 Å². The molecule has 0 radical (unpaired) electrons. The molecule has 0 saturated heterocycles. The molecule has 0 fully saturated rings. The van der Waals surface area contributed by atoms with E-state index in [9.17, 15) is 43.9 Å². The largest absolute Gasteiger partial charge is 0.428 e. The van der Waals surface area contributed by atoms with Gasteiger partial charge in [-0.05, 0) is 6.08 Å². The lowest BCUT2D eigenvalue weighted by Crippen LogP contribution is -2.44. The molecule has 0 saturated carbocycles. The third kappa shape index (κ3) is 3.53. The van der Waals surface area contributed by atoms with Crippen molar-refractivity contribution in [1.82, 2.24) is 0 Å². The third-order valence-electron chi connectivity index (χ3n) is 2.37. The van der Waals surface area contributed by atoms with Crippen molar-refractivity contribution in [1.29, 1.82) is 0 Å². The maximum absolute atomic E-state index is 13.0. The summed E-state index contributed by atoms with van der Waals surface area (Å²) >= 11 is 0. The van der Waals surface area contributed by atoms with Gasteiger partial charge in [0.15, 0.2) is 0 Å². The molecule has 0 nitrogen and oxygen atoms in total. The summed E-state index contributed by atoms with van der Waals surface area (Å²) in [6, 6.07) is 0. The maximum Gasteiger partial charge on any atom is 0.428 e. The van der Waals surface area contributed by atoms with Crippen molar-refractivity contribution in [2.75, 3.05) is 20.0 Å². The summed E-state index contributed by atoms with van der Waals surface area (Å²) in [5.74, 6) is 0. The lowest BCUT2D eigenvalue weighted by Gasteiger charge is -2.29. The lowest BCUT2D eigenvalue weighted by atomic mass is 9.88. The van der Waals surface area contributed by atoms with Crippen molar-refractivity contribution in [2.24, 2.45) is 5.41 Å². The average Bonchev–Trinajstić information content (AvgIpc) is 2.27. The second-order valence-electron chi connectivity index (χ2n) is 3.75. The molecule has 0 aromatic heterocycles. The molecule has 0 aromatic rings. The van der Waals surface area contributed by atoms with Crippen LogP contribution in [0.5, 0.6) is 0 Å². The van der Waals surface area contributed by atoms with Gasteiger partial charge in [0.1, 0.15) is 25.4 Å². The summed E-state index contributed by atoms with van der Waals surface area (Å²) in [6.45, 7) is -7.59. The van der Waals surface area contributed by atoms with Crippen LogP contribution >= 0.6 is 0 Å². The number of halogens is 10. The van der Waals surface area contributed by atoms with Gasteiger partial charge in [0.25, 0.3) is 5.67 Å². The van der Waals surface area contributed by atoms with Crippen LogP contribution in [0.1, 0.15) is 0 Å². The molecule has 0 N–H and O–H groups in total. The highest BCUT2D eigenvalue weighted by Gasteiger charge is 2.58. The number of rotatable bonds is 5. The molecule has 0 aliphatic carbocycles. The molecular formula is C9H8F10. The molecule has 0 rings (SSSR count). The van der Waals surface area contributed by atoms with Crippen LogP contribution in [0.2, 0.25) is 0 Å². The van der Waals surface area contributed by atoms with Crippen molar-refractivity contribution >= 4 is 0 Å². The van der Waals surface area contributed by atoms with Crippen LogP contribution in [-0.2, 0) is 0 Å².